The van der Waals surface area contributed by atoms with Crippen LogP contribution in [0.1, 0.15) is 19.8 Å². The molecule has 0 bridgehead atoms. The lowest BCUT2D eigenvalue weighted by molar-refractivity contribution is -0.141. The molecule has 1 aliphatic rings. The highest BCUT2D eigenvalue weighted by atomic mass is 32.2. The molecule has 7 heteroatoms. The molecule has 0 aromatic heterocycles. The average Bonchev–Trinajstić information content (AvgIpc) is 2.74. The van der Waals surface area contributed by atoms with Crippen LogP contribution in [0.3, 0.4) is 0 Å². The third kappa shape index (κ3) is 6.11. The topological polar surface area (TPSA) is 98.7 Å². The largest absolute Gasteiger partial charge is 0.481 e. The molecule has 0 aromatic rings. The number of aliphatic carboxylic acids is 1. The molecule has 1 fully saturated rings. The fourth-order valence-electron chi connectivity index (χ4n) is 1.70. The molecule has 2 amide bonds. The van der Waals surface area contributed by atoms with Crippen molar-refractivity contribution in [3.63, 3.8) is 0 Å². The van der Waals surface area contributed by atoms with Crippen molar-refractivity contribution in [2.24, 2.45) is 5.92 Å². The van der Waals surface area contributed by atoms with Crippen LogP contribution in [-0.2, 0) is 4.79 Å². The molecule has 0 radical (unpaired) electrons. The third-order valence-corrected chi connectivity index (χ3v) is 3.97. The predicted molar refractivity (Wildman–Crippen MR) is 69.7 cm³/mol. The van der Waals surface area contributed by atoms with Gasteiger partial charge in [-0.1, -0.05) is 0 Å². The van der Waals surface area contributed by atoms with E-state index in [2.05, 4.69) is 10.6 Å². The number of thioether (sulfide) groups is 1. The Hall–Kier alpha value is -0.950. The molecule has 0 spiro atoms. The van der Waals surface area contributed by atoms with E-state index in [1.54, 1.807) is 0 Å². The molecule has 4 N–H and O–H groups in total. The Bertz CT molecular complexity index is 303. The highest BCUT2D eigenvalue weighted by Crippen LogP contribution is 2.22. The number of aliphatic hydroxyl groups is 1. The molecule has 1 heterocycles. The number of carboxylic acids is 1. The molecule has 104 valence electrons. The highest BCUT2D eigenvalue weighted by Gasteiger charge is 2.25. The number of nitrogens with one attached hydrogen (secondary N) is 2. The van der Waals surface area contributed by atoms with Gasteiger partial charge in [-0.3, -0.25) is 4.79 Å². The summed E-state index contributed by atoms with van der Waals surface area (Å²) in [5, 5.41) is 23.5. The molecule has 0 saturated carbocycles. The van der Waals surface area contributed by atoms with Gasteiger partial charge in [0.1, 0.15) is 0 Å². The van der Waals surface area contributed by atoms with E-state index >= 15 is 0 Å². The van der Waals surface area contributed by atoms with Crippen molar-refractivity contribution in [3.8, 4) is 0 Å². The van der Waals surface area contributed by atoms with E-state index < -0.39 is 18.0 Å². The van der Waals surface area contributed by atoms with E-state index in [0.717, 1.165) is 17.9 Å². The summed E-state index contributed by atoms with van der Waals surface area (Å²) in [5.41, 5.74) is -1.42. The first-order valence-corrected chi connectivity index (χ1v) is 7.08. The lowest BCUT2D eigenvalue weighted by Crippen LogP contribution is -2.46. The summed E-state index contributed by atoms with van der Waals surface area (Å²) in [7, 11) is 0. The lowest BCUT2D eigenvalue weighted by Gasteiger charge is -2.21. The molecule has 1 aliphatic heterocycles. The van der Waals surface area contributed by atoms with Gasteiger partial charge in [0.25, 0.3) is 0 Å². The lowest BCUT2D eigenvalue weighted by atomic mass is 10.0. The van der Waals surface area contributed by atoms with Crippen molar-refractivity contribution < 1.29 is 19.8 Å². The number of hydrogen-bond acceptors (Lipinski definition) is 4. The number of carbonyl (C=O) groups excluding carboxylic acids is 1. The SMILES string of the molecule is CC(O)(CNC(=O)NCC1CCSC1)CC(=O)O. The first kappa shape index (κ1) is 15.1. The average molecular weight is 276 g/mol. The maximum atomic E-state index is 11.4. The minimum Gasteiger partial charge on any atom is -0.481 e. The summed E-state index contributed by atoms with van der Waals surface area (Å²) in [6.07, 6.45) is 0.716. The Morgan fingerprint density at radius 1 is 1.44 bits per heavy atom. The van der Waals surface area contributed by atoms with Crippen molar-refractivity contribution in [2.45, 2.75) is 25.4 Å². The summed E-state index contributed by atoms with van der Waals surface area (Å²) in [5.74, 6) is 1.63. The van der Waals surface area contributed by atoms with Crippen LogP contribution >= 0.6 is 11.8 Å². The normalized spacial score (nSPS) is 22.2. The number of urea groups is 1. The van der Waals surface area contributed by atoms with Crippen molar-refractivity contribution in [1.29, 1.82) is 0 Å². The van der Waals surface area contributed by atoms with E-state index in [0.29, 0.717) is 12.5 Å². The zero-order valence-corrected chi connectivity index (χ0v) is 11.3. The van der Waals surface area contributed by atoms with Crippen molar-refractivity contribution in [2.75, 3.05) is 24.6 Å². The standard InChI is InChI=1S/C11H20N2O4S/c1-11(17,4-9(14)15)7-13-10(16)12-5-8-2-3-18-6-8/h8,17H,2-7H2,1H3,(H,14,15)(H2,12,13,16). The van der Waals surface area contributed by atoms with Gasteiger partial charge < -0.3 is 20.8 Å². The van der Waals surface area contributed by atoms with Gasteiger partial charge in [0.15, 0.2) is 0 Å². The number of carboxylic acid groups (broad SMARTS) is 1. The Balaban J connectivity index is 2.17. The van der Waals surface area contributed by atoms with Crippen LogP contribution in [0.4, 0.5) is 4.79 Å². The van der Waals surface area contributed by atoms with Gasteiger partial charge in [0, 0.05) is 13.1 Å². The number of amides is 2. The second kappa shape index (κ2) is 6.84. The number of hydrogen-bond donors (Lipinski definition) is 4. The quantitative estimate of drug-likeness (QED) is 0.558. The second-order valence-corrected chi connectivity index (χ2v) is 6.01. The van der Waals surface area contributed by atoms with Crippen molar-refractivity contribution in [3.05, 3.63) is 0 Å². The second-order valence-electron chi connectivity index (χ2n) is 4.86. The minimum atomic E-state index is -1.42. The minimum absolute atomic E-state index is 0.0788. The van der Waals surface area contributed by atoms with Gasteiger partial charge >= 0.3 is 12.0 Å². The van der Waals surface area contributed by atoms with E-state index in [4.69, 9.17) is 5.11 Å². The Kier molecular flexibility index (Phi) is 5.74. The van der Waals surface area contributed by atoms with Gasteiger partial charge in [0.2, 0.25) is 0 Å². The summed E-state index contributed by atoms with van der Waals surface area (Å²) in [6, 6.07) is -0.363. The summed E-state index contributed by atoms with van der Waals surface area (Å²) in [6.45, 7) is 1.93. The van der Waals surface area contributed by atoms with E-state index in [-0.39, 0.29) is 12.6 Å². The molecule has 6 nitrogen and oxygen atoms in total. The summed E-state index contributed by atoms with van der Waals surface area (Å²) >= 11 is 1.88. The molecular weight excluding hydrogens is 256 g/mol. The van der Waals surface area contributed by atoms with Crippen molar-refractivity contribution in [1.82, 2.24) is 10.6 Å². The van der Waals surface area contributed by atoms with Gasteiger partial charge in [-0.05, 0) is 30.8 Å². The molecule has 0 aromatic carbocycles. The van der Waals surface area contributed by atoms with Gasteiger partial charge in [-0.2, -0.15) is 11.8 Å². The van der Waals surface area contributed by atoms with Crippen molar-refractivity contribution >= 4 is 23.8 Å². The maximum absolute atomic E-state index is 11.4. The monoisotopic (exact) mass is 276 g/mol. The molecule has 18 heavy (non-hydrogen) atoms. The Morgan fingerprint density at radius 3 is 2.72 bits per heavy atom. The fraction of sp³-hybridized carbons (Fsp3) is 0.818. The van der Waals surface area contributed by atoms with Crippen LogP contribution in [0.25, 0.3) is 0 Å². The van der Waals surface area contributed by atoms with Crippen LogP contribution in [0.2, 0.25) is 0 Å². The number of rotatable bonds is 6. The highest BCUT2D eigenvalue weighted by molar-refractivity contribution is 7.99. The van der Waals surface area contributed by atoms with Gasteiger partial charge in [-0.25, -0.2) is 4.79 Å². The molecular formula is C11H20N2O4S. The van der Waals surface area contributed by atoms with E-state index in [1.807, 2.05) is 11.8 Å². The smallest absolute Gasteiger partial charge is 0.314 e. The summed E-state index contributed by atoms with van der Waals surface area (Å²) < 4.78 is 0. The molecule has 2 atom stereocenters. The van der Waals surface area contributed by atoms with Crippen LogP contribution in [-0.4, -0.2) is 52.4 Å². The number of carbonyl (C=O) groups is 2. The summed E-state index contributed by atoms with van der Waals surface area (Å²) in [4.78, 5) is 21.9. The maximum Gasteiger partial charge on any atom is 0.314 e. The zero-order chi connectivity index (χ0) is 13.6. The van der Waals surface area contributed by atoms with Crippen LogP contribution in [0.15, 0.2) is 0 Å². The molecule has 1 rings (SSSR count). The van der Waals surface area contributed by atoms with Crippen LogP contribution in [0, 0.1) is 5.92 Å². The fourth-order valence-corrected chi connectivity index (χ4v) is 2.99. The first-order chi connectivity index (χ1) is 8.39. The van der Waals surface area contributed by atoms with Crippen LogP contribution < -0.4 is 10.6 Å². The Labute approximate surface area is 111 Å². The predicted octanol–water partition coefficient (Wildman–Crippen LogP) is 0.264. The molecule has 2 unspecified atom stereocenters. The van der Waals surface area contributed by atoms with Gasteiger partial charge in [-0.15, -0.1) is 0 Å². The third-order valence-electron chi connectivity index (χ3n) is 2.74. The Morgan fingerprint density at radius 2 is 2.17 bits per heavy atom. The van der Waals surface area contributed by atoms with Gasteiger partial charge in [0.05, 0.1) is 12.0 Å². The van der Waals surface area contributed by atoms with Crippen LogP contribution in [0.5, 0.6) is 0 Å². The zero-order valence-electron chi connectivity index (χ0n) is 10.4. The molecule has 1 saturated heterocycles. The first-order valence-electron chi connectivity index (χ1n) is 5.93. The van der Waals surface area contributed by atoms with E-state index in [9.17, 15) is 14.7 Å². The van der Waals surface area contributed by atoms with E-state index in [1.165, 1.54) is 6.92 Å². The molecule has 0 aliphatic carbocycles.